The molecular weight excluding hydrogens is 298 g/mol. The number of hydrogen-bond donors (Lipinski definition) is 2. The number of ether oxygens (including phenoxy) is 1. The van der Waals surface area contributed by atoms with Crippen LogP contribution >= 0.6 is 0 Å². The van der Waals surface area contributed by atoms with Gasteiger partial charge in [0.1, 0.15) is 0 Å². The van der Waals surface area contributed by atoms with Crippen LogP contribution in [-0.2, 0) is 22.5 Å². The molecule has 0 saturated heterocycles. The van der Waals surface area contributed by atoms with Crippen molar-refractivity contribution in [3.05, 3.63) is 47.8 Å². The average Bonchev–Trinajstić information content (AvgIpc) is 2.98. The van der Waals surface area contributed by atoms with Gasteiger partial charge in [0.05, 0.1) is 30.6 Å². The van der Waals surface area contributed by atoms with E-state index < -0.39 is 5.97 Å². The van der Waals surface area contributed by atoms with Crippen molar-refractivity contribution >= 4 is 17.6 Å². The summed E-state index contributed by atoms with van der Waals surface area (Å²) in [6, 6.07) is 6.69. The number of methoxy groups -OCH3 is 1. The molecule has 0 unspecified atom stereocenters. The minimum Gasteiger partial charge on any atom is -0.478 e. The number of benzene rings is 1. The van der Waals surface area contributed by atoms with E-state index in [4.69, 9.17) is 9.84 Å². The van der Waals surface area contributed by atoms with Crippen LogP contribution in [0.1, 0.15) is 22.3 Å². The number of nitrogens with zero attached hydrogens (tertiary/aromatic N) is 2. The fourth-order valence-electron chi connectivity index (χ4n) is 2.15. The lowest BCUT2D eigenvalue weighted by atomic mass is 10.0. The zero-order chi connectivity index (χ0) is 16.7. The van der Waals surface area contributed by atoms with Gasteiger partial charge in [-0.3, -0.25) is 9.48 Å². The second kappa shape index (κ2) is 8.09. The van der Waals surface area contributed by atoms with Crippen molar-refractivity contribution in [3.63, 3.8) is 0 Å². The fraction of sp³-hybridized carbons (Fsp3) is 0.312. The molecule has 7 heteroatoms. The van der Waals surface area contributed by atoms with Crippen molar-refractivity contribution in [1.82, 2.24) is 9.78 Å². The minimum atomic E-state index is -0.986. The first kappa shape index (κ1) is 16.7. The van der Waals surface area contributed by atoms with E-state index in [1.807, 2.05) is 0 Å². The van der Waals surface area contributed by atoms with E-state index in [0.717, 1.165) is 0 Å². The maximum atomic E-state index is 12.0. The first-order valence-corrected chi connectivity index (χ1v) is 7.22. The molecule has 0 aliphatic heterocycles. The lowest BCUT2D eigenvalue weighted by Gasteiger charge is -2.06. The zero-order valence-electron chi connectivity index (χ0n) is 12.9. The van der Waals surface area contributed by atoms with E-state index in [1.54, 1.807) is 42.4 Å². The Labute approximate surface area is 133 Å². The second-order valence-corrected chi connectivity index (χ2v) is 5.00. The molecule has 1 aromatic heterocycles. The number of anilines is 1. The summed E-state index contributed by atoms with van der Waals surface area (Å²) < 4.78 is 6.64. The quantitative estimate of drug-likeness (QED) is 0.774. The third kappa shape index (κ3) is 4.93. The molecule has 0 spiro atoms. The van der Waals surface area contributed by atoms with Gasteiger partial charge in [0.25, 0.3) is 0 Å². The highest BCUT2D eigenvalue weighted by Crippen LogP contribution is 2.12. The van der Waals surface area contributed by atoms with Gasteiger partial charge in [-0.15, -0.1) is 0 Å². The van der Waals surface area contributed by atoms with E-state index in [-0.39, 0.29) is 17.9 Å². The molecule has 0 saturated carbocycles. The van der Waals surface area contributed by atoms with Crippen LogP contribution in [0.25, 0.3) is 0 Å². The second-order valence-electron chi connectivity index (χ2n) is 5.00. The van der Waals surface area contributed by atoms with Gasteiger partial charge in [-0.25, -0.2) is 4.79 Å². The smallest absolute Gasteiger partial charge is 0.335 e. The van der Waals surface area contributed by atoms with Crippen molar-refractivity contribution in [3.8, 4) is 0 Å². The summed E-state index contributed by atoms with van der Waals surface area (Å²) in [6.45, 7) is 1.15. The molecule has 2 aromatic rings. The molecule has 122 valence electrons. The third-order valence-corrected chi connectivity index (χ3v) is 3.31. The Morgan fingerprint density at radius 1 is 1.35 bits per heavy atom. The third-order valence-electron chi connectivity index (χ3n) is 3.31. The highest BCUT2D eigenvalue weighted by atomic mass is 16.5. The van der Waals surface area contributed by atoms with Gasteiger partial charge in [-0.1, -0.05) is 18.2 Å². The first-order valence-electron chi connectivity index (χ1n) is 7.22. The van der Waals surface area contributed by atoms with Crippen LogP contribution in [0.4, 0.5) is 5.69 Å². The van der Waals surface area contributed by atoms with E-state index in [2.05, 4.69) is 10.4 Å². The van der Waals surface area contributed by atoms with Crippen molar-refractivity contribution in [2.45, 2.75) is 19.4 Å². The molecule has 7 nitrogen and oxygen atoms in total. The van der Waals surface area contributed by atoms with Crippen LogP contribution in [0, 0.1) is 0 Å². The Morgan fingerprint density at radius 3 is 2.87 bits per heavy atom. The number of aryl methyl sites for hydroxylation is 1. The minimum absolute atomic E-state index is 0.184. The molecule has 0 bridgehead atoms. The predicted molar refractivity (Wildman–Crippen MR) is 84.5 cm³/mol. The number of nitrogens with one attached hydrogen (secondary N) is 1. The Kier molecular flexibility index (Phi) is 5.87. The summed E-state index contributed by atoms with van der Waals surface area (Å²) in [5.41, 5.74) is 1.48. The first-order chi connectivity index (χ1) is 11.1. The number of carbonyl (C=O) groups is 2. The van der Waals surface area contributed by atoms with E-state index >= 15 is 0 Å². The molecule has 0 atom stereocenters. The molecule has 0 aliphatic rings. The normalized spacial score (nSPS) is 10.5. The predicted octanol–water partition coefficient (Wildman–Crippen LogP) is 1.80. The molecule has 2 N–H and O–H groups in total. The lowest BCUT2D eigenvalue weighted by Crippen LogP contribution is -2.13. The SMILES string of the molecule is COCCn1cc(NC(=O)CCc2ccccc2C(=O)O)cn1. The molecule has 2 rings (SSSR count). The van der Waals surface area contributed by atoms with E-state index in [9.17, 15) is 9.59 Å². The largest absolute Gasteiger partial charge is 0.478 e. The number of carboxylic acid groups (broad SMARTS) is 1. The number of carbonyl (C=O) groups excluding carboxylic acids is 1. The van der Waals surface area contributed by atoms with Crippen LogP contribution in [0.5, 0.6) is 0 Å². The number of amides is 1. The molecule has 1 amide bonds. The molecule has 0 fully saturated rings. The summed E-state index contributed by atoms with van der Waals surface area (Å²) in [6.07, 6.45) is 3.86. The Morgan fingerprint density at radius 2 is 2.13 bits per heavy atom. The summed E-state index contributed by atoms with van der Waals surface area (Å²) in [7, 11) is 1.61. The fourth-order valence-corrected chi connectivity index (χ4v) is 2.15. The Balaban J connectivity index is 1.88. The molecular formula is C16H19N3O4. The van der Waals surface area contributed by atoms with Gasteiger partial charge in [-0.05, 0) is 18.1 Å². The van der Waals surface area contributed by atoms with Crippen molar-refractivity contribution in [2.24, 2.45) is 0 Å². The number of aromatic carboxylic acids is 1. The van der Waals surface area contributed by atoms with Gasteiger partial charge in [-0.2, -0.15) is 5.10 Å². The van der Waals surface area contributed by atoms with E-state index in [0.29, 0.717) is 30.8 Å². The van der Waals surface area contributed by atoms with Crippen LogP contribution in [-0.4, -0.2) is 40.5 Å². The van der Waals surface area contributed by atoms with Gasteiger partial charge in [0, 0.05) is 19.7 Å². The van der Waals surface area contributed by atoms with Crippen LogP contribution in [0.3, 0.4) is 0 Å². The summed E-state index contributed by atoms with van der Waals surface area (Å²) in [5.74, 6) is -1.17. The number of rotatable bonds is 8. The number of hydrogen-bond acceptors (Lipinski definition) is 4. The summed E-state index contributed by atoms with van der Waals surface area (Å²) in [4.78, 5) is 23.1. The summed E-state index contributed by atoms with van der Waals surface area (Å²) in [5, 5.41) is 16.0. The van der Waals surface area contributed by atoms with Crippen LogP contribution in [0.2, 0.25) is 0 Å². The van der Waals surface area contributed by atoms with Crippen LogP contribution < -0.4 is 5.32 Å². The molecule has 1 aromatic carbocycles. The standard InChI is InChI=1S/C16H19N3O4/c1-23-9-8-19-11-13(10-17-19)18-15(20)7-6-12-4-2-3-5-14(12)16(21)22/h2-5,10-11H,6-9H2,1H3,(H,18,20)(H,21,22). The number of carboxylic acids is 1. The Hall–Kier alpha value is -2.67. The molecule has 0 aliphatic carbocycles. The maximum Gasteiger partial charge on any atom is 0.335 e. The highest BCUT2D eigenvalue weighted by Gasteiger charge is 2.11. The zero-order valence-corrected chi connectivity index (χ0v) is 12.9. The summed E-state index contributed by atoms with van der Waals surface area (Å²) >= 11 is 0. The Bertz CT molecular complexity index is 681. The average molecular weight is 317 g/mol. The van der Waals surface area contributed by atoms with Crippen molar-refractivity contribution < 1.29 is 19.4 Å². The highest BCUT2D eigenvalue weighted by molar-refractivity contribution is 5.92. The lowest BCUT2D eigenvalue weighted by molar-refractivity contribution is -0.116. The van der Waals surface area contributed by atoms with Gasteiger partial charge in [0.15, 0.2) is 0 Å². The van der Waals surface area contributed by atoms with Gasteiger partial charge >= 0.3 is 5.97 Å². The van der Waals surface area contributed by atoms with Crippen molar-refractivity contribution in [2.75, 3.05) is 19.0 Å². The topological polar surface area (TPSA) is 93.5 Å². The molecule has 1 heterocycles. The molecule has 23 heavy (non-hydrogen) atoms. The van der Waals surface area contributed by atoms with Crippen molar-refractivity contribution in [1.29, 1.82) is 0 Å². The van der Waals surface area contributed by atoms with Gasteiger partial charge in [0.2, 0.25) is 5.91 Å². The number of aromatic nitrogens is 2. The maximum absolute atomic E-state index is 12.0. The monoisotopic (exact) mass is 317 g/mol. The van der Waals surface area contributed by atoms with Gasteiger partial charge < -0.3 is 15.2 Å². The van der Waals surface area contributed by atoms with Crippen LogP contribution in [0.15, 0.2) is 36.7 Å². The van der Waals surface area contributed by atoms with E-state index in [1.165, 1.54) is 6.07 Å². The molecule has 0 radical (unpaired) electrons.